The van der Waals surface area contributed by atoms with Crippen molar-refractivity contribution in [2.75, 3.05) is 14.2 Å². The summed E-state index contributed by atoms with van der Waals surface area (Å²) in [5, 5.41) is 1.77. The molecule has 0 heterocycles. The van der Waals surface area contributed by atoms with Crippen LogP contribution in [-0.2, 0) is 0 Å². The predicted octanol–water partition coefficient (Wildman–Crippen LogP) is 1.96. The highest BCUT2D eigenvalue weighted by molar-refractivity contribution is 6.03. The number of nitrogens with two attached hydrogens (primary N) is 1. The fourth-order valence-electron chi connectivity index (χ4n) is 1.81. The van der Waals surface area contributed by atoms with E-state index in [2.05, 4.69) is 0 Å². The normalized spacial score (nSPS) is 10.2. The molecule has 0 spiro atoms. The number of methoxy groups -OCH3 is 2. The summed E-state index contributed by atoms with van der Waals surface area (Å²) in [6.07, 6.45) is 0. The van der Waals surface area contributed by atoms with Gasteiger partial charge in [0.25, 0.3) is 5.91 Å². The second kappa shape index (κ2) is 4.33. The predicted molar refractivity (Wildman–Crippen MR) is 65.6 cm³/mol. The fourth-order valence-corrected chi connectivity index (χ4v) is 1.81. The summed E-state index contributed by atoms with van der Waals surface area (Å²) in [7, 11) is 3.10. The molecule has 17 heavy (non-hydrogen) atoms. The minimum Gasteiger partial charge on any atom is -0.497 e. The van der Waals surface area contributed by atoms with E-state index in [1.54, 1.807) is 13.2 Å². The number of amides is 1. The number of fused-ring (bicyclic) bond motifs is 1. The summed E-state index contributed by atoms with van der Waals surface area (Å²) in [6.45, 7) is 0. The van der Waals surface area contributed by atoms with Gasteiger partial charge >= 0.3 is 0 Å². The molecule has 2 N–H and O–H groups in total. The van der Waals surface area contributed by atoms with Gasteiger partial charge in [-0.05, 0) is 23.6 Å². The molecule has 4 nitrogen and oxygen atoms in total. The number of hydrogen-bond donors (Lipinski definition) is 1. The molecule has 2 rings (SSSR count). The zero-order valence-electron chi connectivity index (χ0n) is 9.69. The van der Waals surface area contributed by atoms with Crippen LogP contribution in [0, 0.1) is 0 Å². The number of ether oxygens (including phenoxy) is 2. The second-order valence-electron chi connectivity index (χ2n) is 3.60. The standard InChI is InChI=1S/C13H13NO3/c1-16-9-5-3-8-4-6-10(13(14)15)12(17-2)11(8)7-9/h3-7H,1-2H3,(H2,14,15). The van der Waals surface area contributed by atoms with E-state index < -0.39 is 5.91 Å². The van der Waals surface area contributed by atoms with E-state index in [1.165, 1.54) is 7.11 Å². The Balaban J connectivity index is 2.78. The van der Waals surface area contributed by atoms with Gasteiger partial charge in [-0.2, -0.15) is 0 Å². The van der Waals surface area contributed by atoms with E-state index >= 15 is 0 Å². The molecule has 88 valence electrons. The molecule has 0 aromatic heterocycles. The highest BCUT2D eigenvalue weighted by Gasteiger charge is 2.12. The van der Waals surface area contributed by atoms with Crippen molar-refractivity contribution in [3.63, 3.8) is 0 Å². The molecule has 0 bridgehead atoms. The largest absolute Gasteiger partial charge is 0.497 e. The van der Waals surface area contributed by atoms with Crippen molar-refractivity contribution in [2.45, 2.75) is 0 Å². The minimum atomic E-state index is -0.508. The monoisotopic (exact) mass is 231 g/mol. The molecule has 0 aliphatic heterocycles. The SMILES string of the molecule is COc1ccc2ccc(C(N)=O)c(OC)c2c1. The van der Waals surface area contributed by atoms with Crippen molar-refractivity contribution in [1.82, 2.24) is 0 Å². The molecule has 0 saturated heterocycles. The lowest BCUT2D eigenvalue weighted by Crippen LogP contribution is -2.12. The molecule has 2 aromatic carbocycles. The van der Waals surface area contributed by atoms with E-state index in [-0.39, 0.29) is 0 Å². The van der Waals surface area contributed by atoms with Gasteiger partial charge in [0, 0.05) is 5.39 Å². The van der Waals surface area contributed by atoms with Gasteiger partial charge in [0.15, 0.2) is 0 Å². The zero-order chi connectivity index (χ0) is 12.4. The fraction of sp³-hybridized carbons (Fsp3) is 0.154. The maximum absolute atomic E-state index is 11.3. The van der Waals surface area contributed by atoms with E-state index in [0.717, 1.165) is 10.8 Å². The third-order valence-electron chi connectivity index (χ3n) is 2.65. The lowest BCUT2D eigenvalue weighted by atomic mass is 10.0. The van der Waals surface area contributed by atoms with Crippen molar-refractivity contribution in [2.24, 2.45) is 5.73 Å². The summed E-state index contributed by atoms with van der Waals surface area (Å²) in [4.78, 5) is 11.3. The lowest BCUT2D eigenvalue weighted by Gasteiger charge is -2.10. The Morgan fingerprint density at radius 1 is 1.12 bits per heavy atom. The molecular formula is C13H13NO3. The summed E-state index contributed by atoms with van der Waals surface area (Å²) < 4.78 is 10.4. The van der Waals surface area contributed by atoms with Crippen LogP contribution in [0.25, 0.3) is 10.8 Å². The highest BCUT2D eigenvalue weighted by Crippen LogP contribution is 2.32. The first-order chi connectivity index (χ1) is 8.17. The van der Waals surface area contributed by atoms with Crippen LogP contribution < -0.4 is 15.2 Å². The van der Waals surface area contributed by atoms with Crippen LogP contribution in [0.5, 0.6) is 11.5 Å². The maximum Gasteiger partial charge on any atom is 0.252 e. The smallest absolute Gasteiger partial charge is 0.252 e. The number of benzene rings is 2. The van der Waals surface area contributed by atoms with Crippen LogP contribution in [0.4, 0.5) is 0 Å². The third kappa shape index (κ3) is 1.89. The molecule has 0 aliphatic carbocycles. The Kier molecular flexibility index (Phi) is 2.87. The van der Waals surface area contributed by atoms with Crippen molar-refractivity contribution < 1.29 is 14.3 Å². The van der Waals surface area contributed by atoms with Crippen LogP contribution in [0.15, 0.2) is 30.3 Å². The number of primary amides is 1. The van der Waals surface area contributed by atoms with Gasteiger partial charge in [-0.3, -0.25) is 4.79 Å². The summed E-state index contributed by atoms with van der Waals surface area (Å²) in [5.41, 5.74) is 5.67. The van der Waals surface area contributed by atoms with Gasteiger partial charge in [-0.25, -0.2) is 0 Å². The Morgan fingerprint density at radius 3 is 2.41 bits per heavy atom. The first-order valence-electron chi connectivity index (χ1n) is 5.12. The topological polar surface area (TPSA) is 61.5 Å². The van der Waals surface area contributed by atoms with Crippen LogP contribution in [-0.4, -0.2) is 20.1 Å². The van der Waals surface area contributed by atoms with Crippen LogP contribution >= 0.6 is 0 Å². The quantitative estimate of drug-likeness (QED) is 0.878. The minimum absolute atomic E-state index is 0.369. The van der Waals surface area contributed by atoms with Crippen LogP contribution in [0.3, 0.4) is 0 Å². The first-order valence-corrected chi connectivity index (χ1v) is 5.12. The Labute approximate surface area is 98.9 Å². The van der Waals surface area contributed by atoms with Crippen molar-refractivity contribution in [1.29, 1.82) is 0 Å². The molecule has 0 radical (unpaired) electrons. The van der Waals surface area contributed by atoms with Gasteiger partial charge in [-0.15, -0.1) is 0 Å². The Morgan fingerprint density at radius 2 is 1.82 bits per heavy atom. The van der Waals surface area contributed by atoms with Crippen molar-refractivity contribution in [3.05, 3.63) is 35.9 Å². The lowest BCUT2D eigenvalue weighted by molar-refractivity contribution is 0.0997. The van der Waals surface area contributed by atoms with Gasteiger partial charge in [-0.1, -0.05) is 12.1 Å². The molecule has 0 atom stereocenters. The molecule has 4 heteroatoms. The second-order valence-corrected chi connectivity index (χ2v) is 3.60. The maximum atomic E-state index is 11.3. The highest BCUT2D eigenvalue weighted by atomic mass is 16.5. The molecule has 0 aliphatic rings. The number of rotatable bonds is 3. The third-order valence-corrected chi connectivity index (χ3v) is 2.65. The molecule has 2 aromatic rings. The van der Waals surface area contributed by atoms with Gasteiger partial charge < -0.3 is 15.2 Å². The molecule has 1 amide bonds. The number of carbonyl (C=O) groups excluding carboxylic acids is 1. The zero-order valence-corrected chi connectivity index (χ0v) is 9.69. The van der Waals surface area contributed by atoms with Gasteiger partial charge in [0.05, 0.1) is 19.8 Å². The molecule has 0 unspecified atom stereocenters. The molecular weight excluding hydrogens is 218 g/mol. The van der Waals surface area contributed by atoms with E-state index in [0.29, 0.717) is 17.1 Å². The average molecular weight is 231 g/mol. The molecule has 0 saturated carbocycles. The first kappa shape index (κ1) is 11.3. The number of hydrogen-bond acceptors (Lipinski definition) is 3. The number of carbonyl (C=O) groups is 1. The molecule has 0 fully saturated rings. The van der Waals surface area contributed by atoms with E-state index in [9.17, 15) is 4.79 Å². The Bertz CT molecular complexity index is 578. The van der Waals surface area contributed by atoms with Crippen LogP contribution in [0.1, 0.15) is 10.4 Å². The van der Waals surface area contributed by atoms with Crippen molar-refractivity contribution in [3.8, 4) is 11.5 Å². The van der Waals surface area contributed by atoms with Gasteiger partial charge in [0.1, 0.15) is 11.5 Å². The van der Waals surface area contributed by atoms with E-state index in [1.807, 2.05) is 24.3 Å². The summed E-state index contributed by atoms with van der Waals surface area (Å²) >= 11 is 0. The Hall–Kier alpha value is -2.23. The summed E-state index contributed by atoms with van der Waals surface area (Å²) in [6, 6.07) is 9.07. The van der Waals surface area contributed by atoms with Crippen LogP contribution in [0.2, 0.25) is 0 Å². The average Bonchev–Trinajstić information content (AvgIpc) is 2.36. The summed E-state index contributed by atoms with van der Waals surface area (Å²) in [5.74, 6) is 0.679. The van der Waals surface area contributed by atoms with Crippen molar-refractivity contribution >= 4 is 16.7 Å². The van der Waals surface area contributed by atoms with Gasteiger partial charge in [0.2, 0.25) is 0 Å². The van der Waals surface area contributed by atoms with E-state index in [4.69, 9.17) is 15.2 Å².